The summed E-state index contributed by atoms with van der Waals surface area (Å²) < 4.78 is 14.2. The summed E-state index contributed by atoms with van der Waals surface area (Å²) in [4.78, 5) is 12.8. The van der Waals surface area contributed by atoms with Gasteiger partial charge in [0.15, 0.2) is 11.5 Å². The number of carbonyl (C=O) groups is 1. The highest BCUT2D eigenvalue weighted by Crippen LogP contribution is 2.46. The zero-order valence-corrected chi connectivity index (χ0v) is 18.2. The number of carboxylic acids is 1. The summed E-state index contributed by atoms with van der Waals surface area (Å²) in [6, 6.07) is 8.02. The Labute approximate surface area is 175 Å². The molecule has 0 amide bonds. The van der Waals surface area contributed by atoms with Crippen molar-refractivity contribution in [2.45, 2.75) is 26.3 Å². The monoisotopic (exact) mass is 461 g/mol. The maximum absolute atomic E-state index is 11.7. The van der Waals surface area contributed by atoms with Gasteiger partial charge in [-0.3, -0.25) is 4.79 Å². The first-order valence-corrected chi connectivity index (χ1v) is 10.5. The molecule has 7 heteroatoms. The van der Waals surface area contributed by atoms with E-state index in [1.54, 1.807) is 25.6 Å². The Morgan fingerprint density at radius 1 is 1.25 bits per heavy atom. The largest absolute Gasteiger partial charge is 0.493 e. The van der Waals surface area contributed by atoms with Crippen LogP contribution in [-0.4, -0.2) is 29.9 Å². The van der Waals surface area contributed by atoms with E-state index in [1.807, 2.05) is 24.3 Å². The summed E-state index contributed by atoms with van der Waals surface area (Å²) in [7, 11) is 3.24. The van der Waals surface area contributed by atoms with Gasteiger partial charge in [-0.25, -0.2) is 0 Å². The van der Waals surface area contributed by atoms with E-state index in [0.717, 1.165) is 55.3 Å². The molecular formula is C21H20BrNO4S. The second-order valence-electron chi connectivity index (χ2n) is 6.73. The fraction of sp³-hybridized carbons (Fsp3) is 0.286. The number of ether oxygens (including phenoxy) is 2. The summed E-state index contributed by atoms with van der Waals surface area (Å²) in [5.74, 6) is 0.508. The van der Waals surface area contributed by atoms with Crippen LogP contribution < -0.4 is 9.47 Å². The molecule has 1 aliphatic heterocycles. The van der Waals surface area contributed by atoms with Gasteiger partial charge in [0.1, 0.15) is 0 Å². The van der Waals surface area contributed by atoms with Crippen molar-refractivity contribution in [2.24, 2.45) is 0 Å². The molecule has 0 bridgehead atoms. The van der Waals surface area contributed by atoms with Gasteiger partial charge in [-0.1, -0.05) is 0 Å². The Bertz CT molecular complexity index is 1080. The van der Waals surface area contributed by atoms with Crippen LogP contribution in [0.5, 0.6) is 11.5 Å². The molecule has 3 aromatic rings. The molecule has 1 aromatic carbocycles. The van der Waals surface area contributed by atoms with Gasteiger partial charge in [0.05, 0.1) is 30.1 Å². The highest BCUT2D eigenvalue weighted by Gasteiger charge is 2.29. The van der Waals surface area contributed by atoms with Crippen molar-refractivity contribution in [1.82, 2.24) is 4.57 Å². The van der Waals surface area contributed by atoms with Gasteiger partial charge < -0.3 is 19.1 Å². The van der Waals surface area contributed by atoms with E-state index < -0.39 is 5.97 Å². The van der Waals surface area contributed by atoms with E-state index in [4.69, 9.17) is 9.47 Å². The van der Waals surface area contributed by atoms with Crippen LogP contribution in [0, 0.1) is 6.92 Å². The zero-order chi connectivity index (χ0) is 20.0. The van der Waals surface area contributed by atoms with E-state index >= 15 is 0 Å². The van der Waals surface area contributed by atoms with Crippen molar-refractivity contribution in [2.75, 3.05) is 14.2 Å². The molecule has 28 heavy (non-hydrogen) atoms. The molecule has 0 saturated carbocycles. The van der Waals surface area contributed by atoms with Gasteiger partial charge in [0, 0.05) is 28.2 Å². The highest BCUT2D eigenvalue weighted by molar-refractivity contribution is 9.11. The number of carboxylic acid groups (broad SMARTS) is 1. The molecule has 4 rings (SSSR count). The SMILES string of the molecule is COc1cc2c(cc1OC)-c1c(CC(=O)O)c(-c3ccc(Br)s3)c(C)n1CC2. The number of benzene rings is 1. The fourth-order valence-electron chi connectivity index (χ4n) is 4.07. The summed E-state index contributed by atoms with van der Waals surface area (Å²) >= 11 is 5.15. The van der Waals surface area contributed by atoms with Gasteiger partial charge >= 0.3 is 5.97 Å². The normalized spacial score (nSPS) is 12.4. The van der Waals surface area contributed by atoms with Crippen LogP contribution in [0.4, 0.5) is 0 Å². The van der Waals surface area contributed by atoms with Crippen molar-refractivity contribution in [3.63, 3.8) is 0 Å². The first-order valence-electron chi connectivity index (χ1n) is 8.89. The number of nitrogens with zero attached hydrogens (tertiary/aromatic N) is 1. The van der Waals surface area contributed by atoms with Crippen molar-refractivity contribution in [3.8, 4) is 33.2 Å². The second-order valence-corrected chi connectivity index (χ2v) is 9.19. The number of methoxy groups -OCH3 is 2. The fourth-order valence-corrected chi connectivity index (χ4v) is 5.58. The van der Waals surface area contributed by atoms with Crippen LogP contribution in [-0.2, 0) is 24.2 Å². The maximum atomic E-state index is 11.7. The molecular weight excluding hydrogens is 442 g/mol. The Kier molecular flexibility index (Phi) is 4.97. The molecule has 0 spiro atoms. The van der Waals surface area contributed by atoms with Crippen LogP contribution in [0.15, 0.2) is 28.1 Å². The number of hydrogen-bond acceptors (Lipinski definition) is 4. The molecule has 0 saturated heterocycles. The van der Waals surface area contributed by atoms with Crippen LogP contribution in [0.3, 0.4) is 0 Å². The van der Waals surface area contributed by atoms with Gasteiger partial charge in [-0.2, -0.15) is 0 Å². The number of halogens is 1. The number of fused-ring (bicyclic) bond motifs is 3. The van der Waals surface area contributed by atoms with E-state index in [9.17, 15) is 9.90 Å². The van der Waals surface area contributed by atoms with E-state index in [1.165, 1.54) is 0 Å². The van der Waals surface area contributed by atoms with Crippen LogP contribution in [0.2, 0.25) is 0 Å². The molecule has 146 valence electrons. The average molecular weight is 462 g/mol. The number of thiophene rings is 1. The topological polar surface area (TPSA) is 60.7 Å². The lowest BCUT2D eigenvalue weighted by atomic mass is 9.93. The average Bonchev–Trinajstić information content (AvgIpc) is 3.21. The molecule has 3 heterocycles. The molecule has 0 fully saturated rings. The molecule has 0 atom stereocenters. The van der Waals surface area contributed by atoms with Crippen molar-refractivity contribution in [1.29, 1.82) is 0 Å². The predicted molar refractivity (Wildman–Crippen MR) is 114 cm³/mol. The number of aliphatic carboxylic acids is 1. The van der Waals surface area contributed by atoms with Gasteiger partial charge in [-0.15, -0.1) is 11.3 Å². The molecule has 1 aliphatic rings. The van der Waals surface area contributed by atoms with Crippen LogP contribution >= 0.6 is 27.3 Å². The van der Waals surface area contributed by atoms with Crippen molar-refractivity contribution < 1.29 is 19.4 Å². The molecule has 2 aromatic heterocycles. The summed E-state index contributed by atoms with van der Waals surface area (Å²) in [6.07, 6.45) is 0.833. The molecule has 5 nitrogen and oxygen atoms in total. The third kappa shape index (κ3) is 3.02. The summed E-state index contributed by atoms with van der Waals surface area (Å²) in [6.45, 7) is 2.88. The second kappa shape index (κ2) is 7.29. The van der Waals surface area contributed by atoms with Gasteiger partial charge in [0.25, 0.3) is 0 Å². The molecule has 0 unspecified atom stereocenters. The third-order valence-electron chi connectivity index (χ3n) is 5.24. The number of aromatic nitrogens is 1. The summed E-state index contributed by atoms with van der Waals surface area (Å²) in [5.41, 5.74) is 6.12. The molecule has 0 radical (unpaired) electrons. The standard InChI is InChI=1S/C21H20BrNO4S/c1-11-20(17-4-5-18(22)28-17)14(10-19(24)25)21-13-9-16(27-3)15(26-2)8-12(13)6-7-23(11)21/h4-5,8-9H,6-7,10H2,1-3H3,(H,24,25). The Morgan fingerprint density at radius 2 is 1.96 bits per heavy atom. The first-order chi connectivity index (χ1) is 13.4. The maximum Gasteiger partial charge on any atom is 0.307 e. The highest BCUT2D eigenvalue weighted by atomic mass is 79.9. The van der Waals surface area contributed by atoms with Crippen LogP contribution in [0.25, 0.3) is 21.7 Å². The van der Waals surface area contributed by atoms with Gasteiger partial charge in [-0.05, 0) is 64.7 Å². The van der Waals surface area contributed by atoms with E-state index in [0.29, 0.717) is 11.5 Å². The minimum Gasteiger partial charge on any atom is -0.493 e. The Hall–Kier alpha value is -2.25. The van der Waals surface area contributed by atoms with E-state index in [2.05, 4.69) is 27.4 Å². The van der Waals surface area contributed by atoms with Crippen LogP contribution in [0.1, 0.15) is 16.8 Å². The van der Waals surface area contributed by atoms with Crippen molar-refractivity contribution in [3.05, 3.63) is 44.9 Å². The number of hydrogen-bond donors (Lipinski definition) is 1. The smallest absolute Gasteiger partial charge is 0.307 e. The quantitative estimate of drug-likeness (QED) is 0.570. The first kappa shape index (κ1) is 19.1. The molecule has 0 aliphatic carbocycles. The lowest BCUT2D eigenvalue weighted by molar-refractivity contribution is -0.136. The number of aryl methyl sites for hydroxylation is 1. The van der Waals surface area contributed by atoms with Gasteiger partial charge in [0.2, 0.25) is 0 Å². The lowest BCUT2D eigenvalue weighted by Gasteiger charge is -2.23. The Balaban J connectivity index is 2.02. The predicted octanol–water partition coefficient (Wildman–Crippen LogP) is 5.15. The molecule has 1 N–H and O–H groups in total. The lowest BCUT2D eigenvalue weighted by Crippen LogP contribution is -2.13. The van der Waals surface area contributed by atoms with Crippen molar-refractivity contribution >= 4 is 33.2 Å². The Morgan fingerprint density at radius 3 is 2.57 bits per heavy atom. The minimum absolute atomic E-state index is 0.0260. The van der Waals surface area contributed by atoms with E-state index in [-0.39, 0.29) is 6.42 Å². The number of rotatable bonds is 5. The summed E-state index contributed by atoms with van der Waals surface area (Å²) in [5, 5.41) is 9.63. The third-order valence-corrected chi connectivity index (χ3v) is 6.88. The zero-order valence-electron chi connectivity index (χ0n) is 15.8. The minimum atomic E-state index is -0.835.